The topological polar surface area (TPSA) is 194 Å². The Labute approximate surface area is 389 Å². The highest BCUT2D eigenvalue weighted by Gasteiger charge is 2.50. The van der Waals surface area contributed by atoms with Gasteiger partial charge in [0.2, 0.25) is 0 Å². The van der Waals surface area contributed by atoms with Gasteiger partial charge in [-0.3, -0.25) is 24.7 Å². The smallest absolute Gasteiger partial charge is 0.297 e. The number of hydrogen-bond acceptors (Lipinski definition) is 14. The Bertz CT molecular complexity index is 2780. The number of fused-ring (bicyclic) bond motifs is 2. The van der Waals surface area contributed by atoms with Crippen LogP contribution in [0, 0.1) is 15.5 Å². The summed E-state index contributed by atoms with van der Waals surface area (Å²) >= 11 is 0. The molecule has 6 heterocycles. The first kappa shape index (κ1) is 43.8. The molecule has 0 radical (unpaired) electrons. The molecule has 17 nitrogen and oxygen atoms in total. The van der Waals surface area contributed by atoms with Gasteiger partial charge in [0.15, 0.2) is 11.4 Å². The van der Waals surface area contributed by atoms with E-state index in [1.165, 1.54) is 30.0 Å². The number of nitro benzene ring substituents is 1. The number of carbonyl (C=O) groups excluding carboxylic acids is 1. The maximum absolute atomic E-state index is 14.2. The second kappa shape index (κ2) is 18.0. The van der Waals surface area contributed by atoms with E-state index in [0.717, 1.165) is 88.8 Å². The number of hydrogen-bond donors (Lipinski definition) is 3. The average Bonchev–Trinajstić information content (AvgIpc) is 4.11. The van der Waals surface area contributed by atoms with Crippen LogP contribution < -0.4 is 24.4 Å². The molecule has 2 saturated carbocycles. The molecule has 5 aromatic rings. The van der Waals surface area contributed by atoms with E-state index in [4.69, 9.17) is 18.9 Å². The van der Waals surface area contributed by atoms with Crippen LogP contribution >= 0.6 is 0 Å². The molecule has 11 rings (SSSR count). The molecular weight excluding hydrogens is 877 g/mol. The minimum atomic E-state index is -4.66. The normalized spacial score (nSPS) is 22.5. The van der Waals surface area contributed by atoms with E-state index in [9.17, 15) is 23.3 Å². The molecule has 2 atom stereocenters. The fourth-order valence-electron chi connectivity index (χ4n) is 11.0. The Kier molecular flexibility index (Phi) is 11.8. The summed E-state index contributed by atoms with van der Waals surface area (Å²) in [4.78, 5) is 40.2. The Morgan fingerprint density at radius 2 is 1.72 bits per heavy atom. The predicted octanol–water partition coefficient (Wildman–Crippen LogP) is 6.98. The highest BCUT2D eigenvalue weighted by atomic mass is 32.2. The lowest BCUT2D eigenvalue weighted by Crippen LogP contribution is -2.58. The minimum Gasteiger partial charge on any atom is -0.491 e. The summed E-state index contributed by atoms with van der Waals surface area (Å²) in [5.74, 6) is 0.246. The zero-order valence-electron chi connectivity index (χ0n) is 37.4. The van der Waals surface area contributed by atoms with Crippen LogP contribution in [0.5, 0.6) is 17.2 Å². The number of carbonyl (C=O) groups is 1. The molecule has 0 bridgehead atoms. The molecule has 67 heavy (non-hydrogen) atoms. The summed E-state index contributed by atoms with van der Waals surface area (Å²) in [7, 11) is -4.66. The summed E-state index contributed by atoms with van der Waals surface area (Å²) in [5, 5.41) is 16.5. The number of H-pyrrole nitrogens is 1. The van der Waals surface area contributed by atoms with E-state index in [1.54, 1.807) is 30.6 Å². The van der Waals surface area contributed by atoms with E-state index in [-0.39, 0.29) is 46.9 Å². The Morgan fingerprint density at radius 1 is 0.925 bits per heavy atom. The molecular formula is C49H56N8O9S. The lowest BCUT2D eigenvalue weighted by molar-refractivity contribution is -0.384. The first-order valence-electron chi connectivity index (χ1n) is 23.6. The maximum atomic E-state index is 14.2. The van der Waals surface area contributed by atoms with Gasteiger partial charge in [-0.1, -0.05) is 24.3 Å². The zero-order valence-corrected chi connectivity index (χ0v) is 38.2. The number of nitrogens with one attached hydrogen (secondary N) is 3. The number of aromatic amines is 1. The summed E-state index contributed by atoms with van der Waals surface area (Å²) in [5.41, 5.74) is 4.31. The van der Waals surface area contributed by atoms with Crippen molar-refractivity contribution in [2.75, 3.05) is 82.5 Å². The van der Waals surface area contributed by atoms with Gasteiger partial charge in [0.05, 0.1) is 60.7 Å². The second-order valence-corrected chi connectivity index (χ2v) is 20.7. The van der Waals surface area contributed by atoms with Crippen LogP contribution in [0.4, 0.5) is 17.1 Å². The first-order valence-corrected chi connectivity index (χ1v) is 25.1. The van der Waals surface area contributed by atoms with Crippen molar-refractivity contribution in [1.82, 2.24) is 24.5 Å². The van der Waals surface area contributed by atoms with Gasteiger partial charge in [0.1, 0.15) is 17.1 Å². The third-order valence-electron chi connectivity index (χ3n) is 14.8. The predicted molar refractivity (Wildman–Crippen MR) is 251 cm³/mol. The molecule has 2 aliphatic carbocycles. The van der Waals surface area contributed by atoms with Gasteiger partial charge in [0.25, 0.3) is 21.6 Å². The summed E-state index contributed by atoms with van der Waals surface area (Å²) in [6.07, 6.45) is 10.8. The second-order valence-electron chi connectivity index (χ2n) is 19.0. The fraction of sp³-hybridized carbons (Fsp3) is 0.469. The van der Waals surface area contributed by atoms with Gasteiger partial charge >= 0.3 is 0 Å². The molecule has 1 spiro atoms. The quantitative estimate of drug-likeness (QED) is 0.0857. The molecule has 3 aromatic carbocycles. The number of morpholine rings is 2. The summed E-state index contributed by atoms with van der Waals surface area (Å²) in [6.45, 7) is 7.62. The van der Waals surface area contributed by atoms with Crippen LogP contribution in [0.25, 0.3) is 11.0 Å². The molecule has 0 unspecified atom stereocenters. The van der Waals surface area contributed by atoms with Crippen molar-refractivity contribution in [3.63, 3.8) is 0 Å². The summed E-state index contributed by atoms with van der Waals surface area (Å²) < 4.78 is 54.1. The SMILES string of the molecule is O=C(NS(=O)(=O)c1cc2c(c([N+](=O)[O-])c1)N[C@@H](CN1CCOCC1)CCO2)c1ccc(N2CCC3(CC2)CC(N2CCOC[C@@H]2c2ccccc2C2CC2)C3)cc1Oc1cnc2[nH]ccc2c1. The van der Waals surface area contributed by atoms with Gasteiger partial charge < -0.3 is 34.1 Å². The van der Waals surface area contributed by atoms with Gasteiger partial charge in [-0.2, -0.15) is 0 Å². The fourth-order valence-corrected chi connectivity index (χ4v) is 12.0. The first-order chi connectivity index (χ1) is 32.6. The minimum absolute atomic E-state index is 0.0215. The largest absolute Gasteiger partial charge is 0.491 e. The lowest BCUT2D eigenvalue weighted by Gasteiger charge is -2.57. The van der Waals surface area contributed by atoms with Crippen molar-refractivity contribution in [2.45, 2.75) is 73.9 Å². The lowest BCUT2D eigenvalue weighted by atomic mass is 9.59. The molecule has 6 aliphatic rings. The molecule has 2 aromatic heterocycles. The van der Waals surface area contributed by atoms with Crippen LogP contribution in [0.3, 0.4) is 0 Å². The number of pyridine rings is 1. The van der Waals surface area contributed by atoms with Crippen molar-refractivity contribution < 1.29 is 37.1 Å². The highest BCUT2D eigenvalue weighted by molar-refractivity contribution is 7.90. The molecule has 352 valence electrons. The van der Waals surface area contributed by atoms with Gasteiger partial charge in [-0.15, -0.1) is 0 Å². The molecule has 3 saturated heterocycles. The van der Waals surface area contributed by atoms with Crippen molar-refractivity contribution in [3.8, 4) is 17.2 Å². The molecule has 1 amide bonds. The van der Waals surface area contributed by atoms with E-state index >= 15 is 0 Å². The maximum Gasteiger partial charge on any atom is 0.297 e. The van der Waals surface area contributed by atoms with Crippen LogP contribution in [-0.4, -0.2) is 123 Å². The van der Waals surface area contributed by atoms with Crippen LogP contribution in [-0.2, 0) is 19.5 Å². The Hall–Kier alpha value is -5.79. The Morgan fingerprint density at radius 3 is 2.51 bits per heavy atom. The Balaban J connectivity index is 0.806. The van der Waals surface area contributed by atoms with Crippen LogP contribution in [0.1, 0.15) is 78.4 Å². The molecule has 3 N–H and O–H groups in total. The van der Waals surface area contributed by atoms with Crippen molar-refractivity contribution in [2.24, 2.45) is 5.41 Å². The van der Waals surface area contributed by atoms with Crippen LogP contribution in [0.2, 0.25) is 0 Å². The van der Waals surface area contributed by atoms with E-state index in [1.807, 2.05) is 12.1 Å². The van der Waals surface area contributed by atoms with Crippen molar-refractivity contribution >= 4 is 44.0 Å². The number of benzene rings is 3. The van der Waals surface area contributed by atoms with Gasteiger partial charge in [0, 0.05) is 93.2 Å². The van der Waals surface area contributed by atoms with E-state index < -0.39 is 31.4 Å². The summed E-state index contributed by atoms with van der Waals surface area (Å²) in [6, 6.07) is 20.6. The third kappa shape index (κ3) is 9.04. The average molecular weight is 933 g/mol. The van der Waals surface area contributed by atoms with Gasteiger partial charge in [-0.25, -0.2) is 18.1 Å². The number of nitro groups is 1. The molecule has 18 heteroatoms. The number of piperidine rings is 1. The molecule has 4 aliphatic heterocycles. The monoisotopic (exact) mass is 932 g/mol. The van der Waals surface area contributed by atoms with Crippen molar-refractivity contribution in [1.29, 1.82) is 0 Å². The number of amides is 1. The van der Waals surface area contributed by atoms with Gasteiger partial charge in [-0.05, 0) is 85.3 Å². The number of ether oxygens (including phenoxy) is 4. The number of sulfonamides is 1. The van der Waals surface area contributed by atoms with E-state index in [0.29, 0.717) is 49.5 Å². The third-order valence-corrected chi connectivity index (χ3v) is 16.1. The number of aromatic nitrogens is 2. The van der Waals surface area contributed by atoms with Crippen LogP contribution in [0.15, 0.2) is 84.0 Å². The standard InChI is InChI=1S/C49H56N8O9S/c58-48(53-67(61,62)38-25-42(57(59)60)46-45(26-38)65-19-10-34(52-46)30-54-16-20-63-21-17-54)41-8-7-35(24-44(41)66-37-23-33-9-13-50-47(33)51-29-37)55-14-11-49(12-15-55)27-36(28-49)56-18-22-64-31-43(56)40-4-2-1-3-39(40)32-5-6-32/h1-4,7-9,13,23-26,29,32,34,36,43,52H,5-6,10-12,14-22,27-28,30-31H2,(H,50,51)(H,53,58)/t34-,43-/m1/s1. The van der Waals surface area contributed by atoms with Crippen molar-refractivity contribution in [3.05, 3.63) is 106 Å². The highest BCUT2D eigenvalue weighted by Crippen LogP contribution is 2.54. The van der Waals surface area contributed by atoms with E-state index in [2.05, 4.69) is 59.0 Å². The number of rotatable bonds is 12. The number of anilines is 2. The number of nitrogens with zero attached hydrogens (tertiary/aromatic N) is 5. The zero-order chi connectivity index (χ0) is 45.7. The molecule has 5 fully saturated rings.